The van der Waals surface area contributed by atoms with Gasteiger partial charge in [0.2, 0.25) is 0 Å². The molecule has 0 spiro atoms. The average molecular weight is 269 g/mol. The van der Waals surface area contributed by atoms with Crippen molar-refractivity contribution in [2.75, 3.05) is 17.7 Å². The lowest BCUT2D eigenvalue weighted by Crippen LogP contribution is -2.13. The number of hydrogen-bond donors (Lipinski definition) is 1. The Morgan fingerprint density at radius 1 is 1.11 bits per heavy atom. The van der Waals surface area contributed by atoms with Crippen molar-refractivity contribution in [2.24, 2.45) is 0 Å². The predicted molar refractivity (Wildman–Crippen MR) is 70.3 cm³/mol. The van der Waals surface area contributed by atoms with Crippen LogP contribution in [0, 0.1) is 11.6 Å². The van der Waals surface area contributed by atoms with Crippen LogP contribution in [0.25, 0.3) is 0 Å². The minimum atomic E-state index is -0.518. The molecule has 0 radical (unpaired) electrons. The summed E-state index contributed by atoms with van der Waals surface area (Å²) in [7, 11) is 1.64. The van der Waals surface area contributed by atoms with Gasteiger partial charge < -0.3 is 10.6 Å². The van der Waals surface area contributed by atoms with Gasteiger partial charge in [0.05, 0.1) is 10.7 Å². The Kier molecular flexibility index (Phi) is 3.39. The Balaban J connectivity index is 2.48. The van der Waals surface area contributed by atoms with Crippen LogP contribution in [0.4, 0.5) is 25.8 Å². The largest absolute Gasteiger partial charge is 0.397 e. The summed E-state index contributed by atoms with van der Waals surface area (Å²) in [6.45, 7) is 0. The molecule has 0 aliphatic carbocycles. The molecule has 0 heterocycles. The van der Waals surface area contributed by atoms with Crippen molar-refractivity contribution in [2.45, 2.75) is 0 Å². The van der Waals surface area contributed by atoms with Crippen LogP contribution in [0.2, 0.25) is 5.02 Å². The molecule has 0 unspecified atom stereocenters. The topological polar surface area (TPSA) is 29.3 Å². The monoisotopic (exact) mass is 268 g/mol. The first-order chi connectivity index (χ1) is 8.50. The molecule has 0 atom stereocenters. The minimum absolute atomic E-state index is 0.0192. The number of nitrogens with two attached hydrogens (primary N) is 1. The first-order valence-electron chi connectivity index (χ1n) is 5.23. The molecule has 0 aliphatic heterocycles. The second-order valence-electron chi connectivity index (χ2n) is 3.84. The molecule has 2 aromatic carbocycles. The normalized spacial score (nSPS) is 10.4. The molecule has 2 aromatic rings. The lowest BCUT2D eigenvalue weighted by Gasteiger charge is -2.22. The molecule has 0 aliphatic rings. The summed E-state index contributed by atoms with van der Waals surface area (Å²) >= 11 is 5.70. The summed E-state index contributed by atoms with van der Waals surface area (Å²) in [4.78, 5) is 1.52. The standard InChI is InChI=1S/C13H11ClF2N2/c1-18(8-5-6-10(15)9(14)7-8)13-11(16)3-2-4-12(13)17/h2-7H,17H2,1H3. The predicted octanol–water partition coefficient (Wildman–Crippen LogP) is 3.97. The van der Waals surface area contributed by atoms with E-state index in [0.29, 0.717) is 11.4 Å². The van der Waals surface area contributed by atoms with Crippen molar-refractivity contribution < 1.29 is 8.78 Å². The second kappa shape index (κ2) is 4.82. The summed E-state index contributed by atoms with van der Waals surface area (Å²) in [6.07, 6.45) is 0. The van der Waals surface area contributed by atoms with Gasteiger partial charge in [0, 0.05) is 12.7 Å². The third-order valence-corrected chi connectivity index (χ3v) is 2.93. The van der Waals surface area contributed by atoms with Crippen molar-refractivity contribution in [1.29, 1.82) is 0 Å². The maximum Gasteiger partial charge on any atom is 0.148 e. The zero-order valence-corrected chi connectivity index (χ0v) is 10.4. The highest BCUT2D eigenvalue weighted by molar-refractivity contribution is 6.31. The summed E-state index contributed by atoms with van der Waals surface area (Å²) in [6, 6.07) is 8.59. The van der Waals surface area contributed by atoms with Gasteiger partial charge in [-0.1, -0.05) is 17.7 Å². The molecular weight excluding hydrogens is 258 g/mol. The highest BCUT2D eigenvalue weighted by Gasteiger charge is 2.13. The molecule has 0 bridgehead atoms. The first kappa shape index (κ1) is 12.6. The number of nitrogen functional groups attached to an aromatic ring is 1. The highest BCUT2D eigenvalue weighted by atomic mass is 35.5. The summed E-state index contributed by atoms with van der Waals surface area (Å²) < 4.78 is 26.8. The van der Waals surface area contributed by atoms with Gasteiger partial charge >= 0.3 is 0 Å². The molecule has 0 fully saturated rings. The molecule has 0 amide bonds. The van der Waals surface area contributed by atoms with Crippen LogP contribution in [0.3, 0.4) is 0 Å². The van der Waals surface area contributed by atoms with Crippen LogP contribution in [0.1, 0.15) is 0 Å². The van der Waals surface area contributed by atoms with Crippen LogP contribution in [-0.2, 0) is 0 Å². The Bertz CT molecular complexity index is 567. The number of hydrogen-bond acceptors (Lipinski definition) is 2. The summed E-state index contributed by atoms with van der Waals surface area (Å²) in [5.41, 5.74) is 6.83. The van der Waals surface area contributed by atoms with E-state index >= 15 is 0 Å². The lowest BCUT2D eigenvalue weighted by molar-refractivity contribution is 0.626. The fourth-order valence-corrected chi connectivity index (χ4v) is 1.88. The molecule has 0 aromatic heterocycles. The molecule has 2 N–H and O–H groups in total. The number of rotatable bonds is 2. The molecular formula is C13H11ClF2N2. The zero-order chi connectivity index (χ0) is 13.3. The second-order valence-corrected chi connectivity index (χ2v) is 4.24. The quantitative estimate of drug-likeness (QED) is 0.835. The van der Waals surface area contributed by atoms with Gasteiger partial charge in [0.1, 0.15) is 17.3 Å². The number of benzene rings is 2. The van der Waals surface area contributed by atoms with Crippen LogP contribution in [0.15, 0.2) is 36.4 Å². The Hall–Kier alpha value is -1.81. The highest BCUT2D eigenvalue weighted by Crippen LogP contribution is 2.33. The van der Waals surface area contributed by atoms with Crippen molar-refractivity contribution in [1.82, 2.24) is 0 Å². The van der Waals surface area contributed by atoms with Crippen LogP contribution >= 0.6 is 11.6 Å². The summed E-state index contributed by atoms with van der Waals surface area (Å²) in [5, 5.41) is -0.0192. The minimum Gasteiger partial charge on any atom is -0.397 e. The molecule has 94 valence electrons. The van der Waals surface area contributed by atoms with Gasteiger partial charge in [0.25, 0.3) is 0 Å². The molecule has 0 saturated carbocycles. The maximum atomic E-state index is 13.7. The van der Waals surface area contributed by atoms with Crippen molar-refractivity contribution >= 4 is 28.7 Å². The van der Waals surface area contributed by atoms with E-state index < -0.39 is 11.6 Å². The van der Waals surface area contributed by atoms with E-state index in [-0.39, 0.29) is 10.7 Å². The van der Waals surface area contributed by atoms with E-state index in [2.05, 4.69) is 0 Å². The van der Waals surface area contributed by atoms with Crippen molar-refractivity contribution in [3.05, 3.63) is 53.1 Å². The number of nitrogens with zero attached hydrogens (tertiary/aromatic N) is 1. The number of para-hydroxylation sites is 1. The third kappa shape index (κ3) is 2.24. The van der Waals surface area contributed by atoms with Crippen LogP contribution in [0.5, 0.6) is 0 Å². The van der Waals surface area contributed by atoms with Crippen LogP contribution < -0.4 is 10.6 Å². The first-order valence-corrected chi connectivity index (χ1v) is 5.61. The van der Waals surface area contributed by atoms with Gasteiger partial charge in [-0.15, -0.1) is 0 Å². The van der Waals surface area contributed by atoms with E-state index in [1.165, 1.54) is 35.2 Å². The maximum absolute atomic E-state index is 13.7. The number of halogens is 3. The van der Waals surface area contributed by atoms with Gasteiger partial charge in [-0.2, -0.15) is 0 Å². The molecule has 2 rings (SSSR count). The average Bonchev–Trinajstić information content (AvgIpc) is 2.32. The third-order valence-electron chi connectivity index (χ3n) is 2.64. The van der Waals surface area contributed by atoms with E-state index in [0.717, 1.165) is 0 Å². The Labute approximate surface area is 109 Å². The van der Waals surface area contributed by atoms with E-state index in [4.69, 9.17) is 17.3 Å². The van der Waals surface area contributed by atoms with Gasteiger partial charge in [0.15, 0.2) is 0 Å². The Morgan fingerprint density at radius 2 is 1.83 bits per heavy atom. The van der Waals surface area contributed by atoms with Gasteiger partial charge in [-0.05, 0) is 30.3 Å². The molecule has 0 saturated heterocycles. The molecule has 5 heteroatoms. The lowest BCUT2D eigenvalue weighted by atomic mass is 10.2. The van der Waals surface area contributed by atoms with E-state index in [1.807, 2.05) is 0 Å². The summed E-state index contributed by atoms with van der Waals surface area (Å²) in [5.74, 6) is -0.965. The fraction of sp³-hybridized carbons (Fsp3) is 0.0769. The van der Waals surface area contributed by atoms with Gasteiger partial charge in [-0.25, -0.2) is 8.78 Å². The Morgan fingerprint density at radius 3 is 2.44 bits per heavy atom. The van der Waals surface area contributed by atoms with Gasteiger partial charge in [-0.3, -0.25) is 0 Å². The van der Waals surface area contributed by atoms with E-state index in [9.17, 15) is 8.78 Å². The smallest absolute Gasteiger partial charge is 0.148 e. The number of anilines is 3. The van der Waals surface area contributed by atoms with E-state index in [1.54, 1.807) is 13.1 Å². The molecule has 18 heavy (non-hydrogen) atoms. The fourth-order valence-electron chi connectivity index (χ4n) is 1.71. The van der Waals surface area contributed by atoms with Crippen LogP contribution in [-0.4, -0.2) is 7.05 Å². The van der Waals surface area contributed by atoms with Crippen molar-refractivity contribution in [3.8, 4) is 0 Å². The zero-order valence-electron chi connectivity index (χ0n) is 9.62. The van der Waals surface area contributed by atoms with Crippen molar-refractivity contribution in [3.63, 3.8) is 0 Å². The SMILES string of the molecule is CN(c1ccc(F)c(Cl)c1)c1c(N)cccc1F. The molecule has 2 nitrogen and oxygen atoms in total.